The Balaban J connectivity index is 0.000000542. The summed E-state index contributed by atoms with van der Waals surface area (Å²) in [5.41, 5.74) is 30.6. The van der Waals surface area contributed by atoms with E-state index in [1.807, 2.05) is 113 Å². The number of nitrogens with zero attached hydrogens (tertiary/aromatic N) is 1. The van der Waals surface area contributed by atoms with Gasteiger partial charge in [-0.3, -0.25) is 4.79 Å². The number of Topliss-reactive ketones (excluding diaryl/α,β-unsaturated/α-hetero) is 1. The third-order valence-electron chi connectivity index (χ3n) is 20.6. The first-order chi connectivity index (χ1) is 69.9. The van der Waals surface area contributed by atoms with Crippen molar-refractivity contribution in [3.05, 3.63) is 406 Å². The molecule has 1 aromatic heterocycles. The molecule has 0 fully saturated rings. The van der Waals surface area contributed by atoms with E-state index < -0.39 is 0 Å². The van der Waals surface area contributed by atoms with Crippen molar-refractivity contribution in [2.45, 2.75) is 329 Å². The minimum atomic E-state index is -0.152. The molecule has 0 aliphatic heterocycles. The van der Waals surface area contributed by atoms with Gasteiger partial charge in [0.2, 0.25) is 0 Å². The molecular formula is C133H191FN12O2. The number of aromatic nitrogens is 1. The highest BCUT2D eigenvalue weighted by Gasteiger charge is 2.10. The average Bonchev–Trinajstić information content (AvgIpc) is 1.82. The number of halogens is 1. The van der Waals surface area contributed by atoms with Gasteiger partial charge in [0.05, 0.1) is 0 Å². The molecular weight excluding hydrogens is 1820 g/mol. The van der Waals surface area contributed by atoms with Crippen LogP contribution in [-0.2, 0) is 6.42 Å². The number of rotatable bonds is 27. The van der Waals surface area contributed by atoms with Gasteiger partial charge in [0, 0.05) is 152 Å². The smallest absolute Gasteiger partial charge is 0.165 e. The highest BCUT2D eigenvalue weighted by molar-refractivity contribution is 5.97. The molecule has 14 rings (SSSR count). The van der Waals surface area contributed by atoms with Gasteiger partial charge >= 0.3 is 0 Å². The lowest BCUT2D eigenvalue weighted by Crippen LogP contribution is -2.09. The standard InChI is InChI=1S/C12H14N2O.C11H14O.C11H16.C10H14FN.8C10H15N.C9H13N/c1-9(2)13-11-5-3-10(4-6-11)12-7-8-15-14-12;1-8(2)11(12)10-6-4-9(3)5-7-10;1-9(2)8-11-6-4-10(3)5-7-11;1-7(2)12-9-5-4-8(3)10(11)6-9;8*1-8(2)11-10-6-4-9(3)5-7-10;1-8(2)10-9-6-4-3-5-7-9/h3-9,13H,1-2H3;4-8H,1-3H3;4-7,9H,8H2,1-3H3;4-7,12H,1-3H3;8*4-8,11H,1-3H3;3-8,10H,1-2H3. The fourth-order valence-electron chi connectivity index (χ4n) is 13.4. The number of carbonyl (C=O) groups is 1. The summed E-state index contributed by atoms with van der Waals surface area (Å²) in [6.45, 7) is 77.8. The van der Waals surface area contributed by atoms with Crippen molar-refractivity contribution >= 4 is 68.3 Å². The molecule has 0 radical (unpaired) electrons. The van der Waals surface area contributed by atoms with Gasteiger partial charge in [0.15, 0.2) is 5.78 Å². The first-order valence-corrected chi connectivity index (χ1v) is 53.3. The lowest BCUT2D eigenvalue weighted by atomic mass is 10.0. The number of aryl methyl sites for hydroxylation is 11. The fraction of sp³-hybridized carbons (Fsp3) is 0.383. The van der Waals surface area contributed by atoms with Crippen LogP contribution in [0.25, 0.3) is 11.3 Å². The Morgan fingerprint density at radius 1 is 0.236 bits per heavy atom. The predicted octanol–water partition coefficient (Wildman–Crippen LogP) is 37.2. The minimum Gasteiger partial charge on any atom is -0.383 e. The number of para-hydroxylation sites is 1. The van der Waals surface area contributed by atoms with Gasteiger partial charge in [-0.05, 0) is 385 Å². The molecule has 14 nitrogen and oxygen atoms in total. The van der Waals surface area contributed by atoms with Crippen LogP contribution in [0.5, 0.6) is 0 Å². The van der Waals surface area contributed by atoms with Crippen LogP contribution in [0.2, 0.25) is 0 Å². The molecule has 0 bridgehead atoms. The molecule has 11 N–H and O–H groups in total. The highest BCUT2D eigenvalue weighted by atomic mass is 19.1. The normalized spacial score (nSPS) is 10.3. The maximum atomic E-state index is 13.0. The molecule has 0 amide bonds. The van der Waals surface area contributed by atoms with Crippen molar-refractivity contribution in [1.29, 1.82) is 0 Å². The van der Waals surface area contributed by atoms with E-state index in [-0.39, 0.29) is 17.5 Å². The van der Waals surface area contributed by atoms with Gasteiger partial charge in [-0.2, -0.15) is 0 Å². The first-order valence-electron chi connectivity index (χ1n) is 53.3. The quantitative estimate of drug-likeness (QED) is 0.0219. The fourth-order valence-corrected chi connectivity index (χ4v) is 13.4. The van der Waals surface area contributed by atoms with Crippen molar-refractivity contribution in [2.24, 2.45) is 11.8 Å². The van der Waals surface area contributed by atoms with Crippen molar-refractivity contribution in [2.75, 3.05) is 58.5 Å². The van der Waals surface area contributed by atoms with Crippen molar-refractivity contribution in [3.63, 3.8) is 0 Å². The van der Waals surface area contributed by atoms with Crippen LogP contribution in [0.15, 0.2) is 332 Å². The molecule has 14 aromatic rings. The summed E-state index contributed by atoms with van der Waals surface area (Å²) in [5.74, 6) is 0.918. The Labute approximate surface area is 898 Å². The van der Waals surface area contributed by atoms with Crippen LogP contribution in [0.1, 0.15) is 257 Å². The van der Waals surface area contributed by atoms with Gasteiger partial charge in [0.1, 0.15) is 17.8 Å². The Hall–Kier alpha value is -13.5. The molecule has 0 saturated carbocycles. The number of ketones is 1. The molecule has 0 spiro atoms. The van der Waals surface area contributed by atoms with E-state index in [1.54, 1.807) is 19.3 Å². The Kier molecular flexibility index (Phi) is 65.6. The number of benzene rings is 13. The summed E-state index contributed by atoms with van der Waals surface area (Å²) in [6.07, 6.45) is 2.77. The summed E-state index contributed by atoms with van der Waals surface area (Å²) >= 11 is 0. The first kappa shape index (κ1) is 131. The Morgan fingerprint density at radius 2 is 0.432 bits per heavy atom. The summed E-state index contributed by atoms with van der Waals surface area (Å²) in [6, 6.07) is 115. The molecule has 0 saturated heterocycles. The van der Waals surface area contributed by atoms with Crippen LogP contribution in [-0.4, -0.2) is 77.4 Å². The summed E-state index contributed by atoms with van der Waals surface area (Å²) < 4.78 is 17.8. The summed E-state index contributed by atoms with van der Waals surface area (Å²) in [5, 5.41) is 40.3. The number of hydrogen-bond donors (Lipinski definition) is 11. The van der Waals surface area contributed by atoms with E-state index in [9.17, 15) is 9.18 Å². The van der Waals surface area contributed by atoms with E-state index in [1.165, 1.54) is 125 Å². The van der Waals surface area contributed by atoms with Gasteiger partial charge in [-0.25, -0.2) is 4.39 Å². The van der Waals surface area contributed by atoms with Crippen molar-refractivity contribution in [3.8, 4) is 11.3 Å². The van der Waals surface area contributed by atoms with Gasteiger partial charge in [-0.1, -0.05) is 270 Å². The van der Waals surface area contributed by atoms with Gasteiger partial charge < -0.3 is 63.0 Å². The highest BCUT2D eigenvalue weighted by Crippen LogP contribution is 2.23. The largest absolute Gasteiger partial charge is 0.383 e. The van der Waals surface area contributed by atoms with Crippen LogP contribution in [0.3, 0.4) is 0 Å². The van der Waals surface area contributed by atoms with Crippen molar-refractivity contribution < 1.29 is 13.7 Å². The molecule has 0 aliphatic carbocycles. The average molecular weight is 2010 g/mol. The lowest BCUT2D eigenvalue weighted by Gasteiger charge is -2.10. The molecule has 0 unspecified atom stereocenters. The molecule has 802 valence electrons. The van der Waals surface area contributed by atoms with Crippen LogP contribution < -0.4 is 58.5 Å². The Morgan fingerprint density at radius 3 is 0.628 bits per heavy atom. The van der Waals surface area contributed by atoms with Gasteiger partial charge in [0.25, 0.3) is 0 Å². The topological polar surface area (TPSA) is 175 Å². The molecule has 1 heterocycles. The minimum absolute atomic E-state index is 0.0905. The SMILES string of the molecule is CC(C)Nc1ccc(-c2ccon2)cc1.CC(C)Nc1ccccc1.Cc1ccc(C(=O)C(C)C)cc1.Cc1ccc(CC(C)C)cc1.Cc1ccc(NC(C)C)cc1.Cc1ccc(NC(C)C)cc1.Cc1ccc(NC(C)C)cc1.Cc1ccc(NC(C)C)cc1.Cc1ccc(NC(C)C)cc1.Cc1ccc(NC(C)C)cc1.Cc1ccc(NC(C)C)cc1.Cc1ccc(NC(C)C)cc1.Cc1ccc(NC(C)C)cc1F. The van der Waals surface area contributed by atoms with Gasteiger partial charge in [-0.15, -0.1) is 0 Å². The second-order valence-corrected chi connectivity index (χ2v) is 42.0. The van der Waals surface area contributed by atoms with Crippen LogP contribution >= 0.6 is 0 Å². The van der Waals surface area contributed by atoms with Crippen molar-refractivity contribution in [1.82, 2.24) is 5.16 Å². The molecule has 15 heteroatoms. The zero-order chi connectivity index (χ0) is 111. The Bertz CT molecular complexity index is 4910. The molecule has 0 aliphatic rings. The predicted molar refractivity (Wildman–Crippen MR) is 655 cm³/mol. The van der Waals surface area contributed by atoms with Crippen LogP contribution in [0.4, 0.5) is 67.0 Å². The molecule has 0 atom stereocenters. The summed E-state index contributed by atoms with van der Waals surface area (Å²) in [4.78, 5) is 11.5. The molecule has 13 aromatic carbocycles. The third-order valence-corrected chi connectivity index (χ3v) is 20.6. The zero-order valence-electron chi connectivity index (χ0n) is 97.5. The third kappa shape index (κ3) is 67.3. The number of carbonyl (C=O) groups excluding carboxylic acids is 1. The second kappa shape index (κ2) is 74.4. The number of hydrogen-bond acceptors (Lipinski definition) is 14. The van der Waals surface area contributed by atoms with E-state index in [2.05, 4.69) is 509 Å². The number of nitrogens with one attached hydrogen (secondary N) is 11. The monoisotopic (exact) mass is 2010 g/mol. The maximum absolute atomic E-state index is 13.0. The second-order valence-electron chi connectivity index (χ2n) is 42.0. The van der Waals surface area contributed by atoms with E-state index >= 15 is 0 Å². The number of anilines is 11. The van der Waals surface area contributed by atoms with E-state index in [0.717, 1.165) is 34.1 Å². The molecule has 148 heavy (non-hydrogen) atoms. The summed E-state index contributed by atoms with van der Waals surface area (Å²) in [7, 11) is 0. The maximum Gasteiger partial charge on any atom is 0.165 e. The van der Waals surface area contributed by atoms with E-state index in [4.69, 9.17) is 4.52 Å². The van der Waals surface area contributed by atoms with Crippen LogP contribution in [0, 0.1) is 93.8 Å². The van der Waals surface area contributed by atoms with E-state index in [0.29, 0.717) is 72.0 Å². The zero-order valence-corrected chi connectivity index (χ0v) is 97.5. The lowest BCUT2D eigenvalue weighted by molar-refractivity contribution is 0.0939.